The lowest BCUT2D eigenvalue weighted by Crippen LogP contribution is -2.51. The fourth-order valence-electron chi connectivity index (χ4n) is 1.29. The van der Waals surface area contributed by atoms with Gasteiger partial charge in [0.1, 0.15) is 6.61 Å². The van der Waals surface area contributed by atoms with Crippen molar-refractivity contribution in [2.75, 3.05) is 0 Å². The number of halogens is 2. The lowest BCUT2D eigenvalue weighted by molar-refractivity contribution is -0.148. The van der Waals surface area contributed by atoms with Gasteiger partial charge in [-0.3, -0.25) is 0 Å². The highest BCUT2D eigenvalue weighted by atomic mass is 19.3. The number of nitrogens with one attached hydrogen (secondary N) is 1. The van der Waals surface area contributed by atoms with Crippen LogP contribution in [-0.2, 0) is 16.1 Å². The number of hydrogen-bond donors (Lipinski definition) is 2. The molecule has 7 heteroatoms. The second-order valence-electron chi connectivity index (χ2n) is 3.93. The minimum Gasteiger partial charge on any atom is -0.480 e. The minimum atomic E-state index is -3.59. The fourth-order valence-corrected chi connectivity index (χ4v) is 1.29. The maximum absolute atomic E-state index is 12.9. The van der Waals surface area contributed by atoms with Crippen molar-refractivity contribution in [3.8, 4) is 0 Å². The Morgan fingerprint density at radius 1 is 1.37 bits per heavy atom. The maximum atomic E-state index is 12.9. The van der Waals surface area contributed by atoms with Crippen LogP contribution in [-0.4, -0.2) is 29.1 Å². The second-order valence-corrected chi connectivity index (χ2v) is 3.93. The number of aliphatic carboxylic acids is 1. The molecule has 0 aliphatic carbocycles. The number of amides is 1. The zero-order valence-corrected chi connectivity index (χ0v) is 10.1. The first-order valence-corrected chi connectivity index (χ1v) is 5.38. The number of ether oxygens (including phenoxy) is 1. The van der Waals surface area contributed by atoms with E-state index < -0.39 is 24.0 Å². The molecule has 1 amide bonds. The van der Waals surface area contributed by atoms with Gasteiger partial charge in [-0.05, 0) is 5.56 Å². The van der Waals surface area contributed by atoms with Crippen LogP contribution in [0, 0.1) is 0 Å². The van der Waals surface area contributed by atoms with Gasteiger partial charge in [-0.2, -0.15) is 0 Å². The van der Waals surface area contributed by atoms with E-state index in [9.17, 15) is 18.4 Å². The molecule has 0 fully saturated rings. The Balaban J connectivity index is 2.52. The SMILES string of the molecule is CC(F)(F)C(NC(=O)OCc1ccccc1)C(=O)O. The van der Waals surface area contributed by atoms with Crippen LogP contribution in [0.25, 0.3) is 0 Å². The summed E-state index contributed by atoms with van der Waals surface area (Å²) < 4.78 is 30.5. The largest absolute Gasteiger partial charge is 0.480 e. The molecule has 0 saturated carbocycles. The number of carboxylic acids is 1. The van der Waals surface area contributed by atoms with Crippen LogP contribution in [0.15, 0.2) is 30.3 Å². The minimum absolute atomic E-state index is 0.131. The lowest BCUT2D eigenvalue weighted by Gasteiger charge is -2.20. The van der Waals surface area contributed by atoms with E-state index in [1.165, 1.54) is 0 Å². The van der Waals surface area contributed by atoms with Crippen molar-refractivity contribution in [2.24, 2.45) is 0 Å². The smallest absolute Gasteiger partial charge is 0.408 e. The number of benzene rings is 1. The van der Waals surface area contributed by atoms with E-state index in [0.29, 0.717) is 12.5 Å². The topological polar surface area (TPSA) is 75.6 Å². The van der Waals surface area contributed by atoms with Gasteiger partial charge in [0, 0.05) is 6.92 Å². The molecular formula is C12H13F2NO4. The molecule has 2 N–H and O–H groups in total. The number of carbonyl (C=O) groups excluding carboxylic acids is 1. The zero-order valence-electron chi connectivity index (χ0n) is 10.1. The summed E-state index contributed by atoms with van der Waals surface area (Å²) in [7, 11) is 0. The monoisotopic (exact) mass is 273 g/mol. The molecule has 1 unspecified atom stereocenters. The van der Waals surface area contributed by atoms with Crippen molar-refractivity contribution in [1.82, 2.24) is 5.32 Å². The van der Waals surface area contributed by atoms with Crippen molar-refractivity contribution < 1.29 is 28.2 Å². The third kappa shape index (κ3) is 4.90. The standard InChI is InChI=1S/C12H13F2NO4/c1-12(13,14)9(10(16)17)15-11(18)19-7-8-5-3-2-4-6-8/h2-6,9H,7H2,1H3,(H,15,18)(H,16,17). The Morgan fingerprint density at radius 2 is 1.95 bits per heavy atom. The Bertz CT molecular complexity index is 445. The Morgan fingerprint density at radius 3 is 2.42 bits per heavy atom. The number of carboxylic acid groups (broad SMARTS) is 1. The molecule has 0 aromatic heterocycles. The molecule has 5 nitrogen and oxygen atoms in total. The van der Waals surface area contributed by atoms with Gasteiger partial charge in [0.2, 0.25) is 0 Å². The Kier molecular flexibility index (Phi) is 4.80. The van der Waals surface area contributed by atoms with Crippen LogP contribution in [0.5, 0.6) is 0 Å². The Labute approximate surface area is 108 Å². The van der Waals surface area contributed by atoms with E-state index in [1.807, 2.05) is 0 Å². The van der Waals surface area contributed by atoms with Crippen molar-refractivity contribution in [3.05, 3.63) is 35.9 Å². The molecule has 0 radical (unpaired) electrons. The second kappa shape index (κ2) is 6.12. The summed E-state index contributed by atoms with van der Waals surface area (Å²) in [6, 6.07) is 6.23. The fraction of sp³-hybridized carbons (Fsp3) is 0.333. The molecular weight excluding hydrogens is 260 g/mol. The van der Waals surface area contributed by atoms with Crippen LogP contribution in [0.2, 0.25) is 0 Å². The van der Waals surface area contributed by atoms with E-state index in [4.69, 9.17) is 5.11 Å². The molecule has 1 atom stereocenters. The highest BCUT2D eigenvalue weighted by Gasteiger charge is 2.41. The summed E-state index contributed by atoms with van der Waals surface area (Å²) in [5, 5.41) is 10.2. The normalized spacial score (nSPS) is 12.6. The maximum Gasteiger partial charge on any atom is 0.408 e. The lowest BCUT2D eigenvalue weighted by atomic mass is 10.2. The third-order valence-corrected chi connectivity index (χ3v) is 2.23. The van der Waals surface area contributed by atoms with Gasteiger partial charge in [0.15, 0.2) is 6.04 Å². The number of carbonyl (C=O) groups is 2. The zero-order chi connectivity index (χ0) is 14.5. The van der Waals surface area contributed by atoms with Crippen molar-refractivity contribution in [3.63, 3.8) is 0 Å². The van der Waals surface area contributed by atoms with Gasteiger partial charge in [-0.15, -0.1) is 0 Å². The average Bonchev–Trinajstić information content (AvgIpc) is 2.33. The van der Waals surface area contributed by atoms with Crippen LogP contribution in [0.4, 0.5) is 13.6 Å². The van der Waals surface area contributed by atoms with E-state index in [2.05, 4.69) is 4.74 Å². The first kappa shape index (κ1) is 14.9. The first-order valence-electron chi connectivity index (χ1n) is 5.38. The molecule has 19 heavy (non-hydrogen) atoms. The van der Waals surface area contributed by atoms with E-state index >= 15 is 0 Å². The summed E-state index contributed by atoms with van der Waals surface area (Å²) in [5.41, 5.74) is 0.660. The van der Waals surface area contributed by atoms with Gasteiger partial charge >= 0.3 is 12.1 Å². The molecule has 1 aromatic rings. The van der Waals surface area contributed by atoms with Gasteiger partial charge in [-0.1, -0.05) is 30.3 Å². The molecule has 104 valence electrons. The number of alkyl carbamates (subject to hydrolysis) is 1. The van der Waals surface area contributed by atoms with E-state index in [-0.39, 0.29) is 6.61 Å². The Hall–Kier alpha value is -2.18. The summed E-state index contributed by atoms with van der Waals surface area (Å²) in [4.78, 5) is 21.9. The first-order chi connectivity index (χ1) is 8.80. The van der Waals surface area contributed by atoms with Gasteiger partial charge in [-0.25, -0.2) is 18.4 Å². The van der Waals surface area contributed by atoms with E-state index in [0.717, 1.165) is 0 Å². The molecule has 0 saturated heterocycles. The van der Waals surface area contributed by atoms with Crippen molar-refractivity contribution >= 4 is 12.1 Å². The van der Waals surface area contributed by atoms with Gasteiger partial charge in [0.25, 0.3) is 5.92 Å². The van der Waals surface area contributed by atoms with Gasteiger partial charge < -0.3 is 15.2 Å². The van der Waals surface area contributed by atoms with Crippen LogP contribution in [0.1, 0.15) is 12.5 Å². The quantitative estimate of drug-likeness (QED) is 0.860. The summed E-state index contributed by atoms with van der Waals surface area (Å²) >= 11 is 0. The molecule has 0 aliphatic heterocycles. The van der Waals surface area contributed by atoms with E-state index in [1.54, 1.807) is 35.6 Å². The van der Waals surface area contributed by atoms with Crippen LogP contribution >= 0.6 is 0 Å². The van der Waals surface area contributed by atoms with Crippen molar-refractivity contribution in [2.45, 2.75) is 25.5 Å². The molecule has 0 spiro atoms. The average molecular weight is 273 g/mol. The van der Waals surface area contributed by atoms with Crippen LogP contribution in [0.3, 0.4) is 0 Å². The van der Waals surface area contributed by atoms with Crippen molar-refractivity contribution in [1.29, 1.82) is 0 Å². The third-order valence-electron chi connectivity index (χ3n) is 2.23. The molecule has 1 rings (SSSR count). The summed E-state index contributed by atoms with van der Waals surface area (Å²) in [6.45, 7) is 0.275. The highest BCUT2D eigenvalue weighted by molar-refractivity contribution is 5.80. The molecule has 1 aromatic carbocycles. The predicted octanol–water partition coefficient (Wildman–Crippen LogP) is 2.02. The molecule has 0 heterocycles. The number of alkyl halides is 2. The summed E-state index contributed by atoms with van der Waals surface area (Å²) in [5.74, 6) is -5.42. The number of rotatable bonds is 5. The predicted molar refractivity (Wildman–Crippen MR) is 61.8 cm³/mol. The number of hydrogen-bond acceptors (Lipinski definition) is 3. The van der Waals surface area contributed by atoms with Crippen LogP contribution < -0.4 is 5.32 Å². The van der Waals surface area contributed by atoms with Gasteiger partial charge in [0.05, 0.1) is 0 Å². The molecule has 0 bridgehead atoms. The highest BCUT2D eigenvalue weighted by Crippen LogP contribution is 2.17. The summed E-state index contributed by atoms with van der Waals surface area (Å²) in [6.07, 6.45) is -1.21. The molecule has 0 aliphatic rings.